The minimum atomic E-state index is -1.01. The molecule has 2 rings (SSSR count). The molecule has 0 bridgehead atoms. The summed E-state index contributed by atoms with van der Waals surface area (Å²) in [6.45, 7) is 1.43. The number of ether oxygens (including phenoxy) is 1. The molecule has 1 atom stereocenters. The number of methoxy groups -OCH3 is 1. The van der Waals surface area contributed by atoms with Crippen LogP contribution in [-0.4, -0.2) is 36.4 Å². The quantitative estimate of drug-likeness (QED) is 0.710. The highest BCUT2D eigenvalue weighted by molar-refractivity contribution is 5.94. The summed E-state index contributed by atoms with van der Waals surface area (Å²) in [5, 5.41) is 12.1. The van der Waals surface area contributed by atoms with Crippen LogP contribution in [-0.2, 0) is 16.0 Å². The zero-order valence-electron chi connectivity index (χ0n) is 14.7. The average Bonchev–Trinajstić information content (AvgIpc) is 2.62. The summed E-state index contributed by atoms with van der Waals surface area (Å²) < 4.78 is 5.23. The van der Waals surface area contributed by atoms with E-state index in [1.54, 1.807) is 48.5 Å². The summed E-state index contributed by atoms with van der Waals surface area (Å²) in [4.78, 5) is 35.3. The van der Waals surface area contributed by atoms with Crippen molar-refractivity contribution in [3.63, 3.8) is 0 Å². The van der Waals surface area contributed by atoms with E-state index in [2.05, 4.69) is 5.32 Å². The summed E-state index contributed by atoms with van der Waals surface area (Å²) in [7, 11) is 1.49. The maximum absolute atomic E-state index is 12.3. The molecule has 0 saturated heterocycles. The molecule has 1 unspecified atom stereocenters. The number of carboxylic acid groups (broad SMARTS) is 1. The van der Waals surface area contributed by atoms with Gasteiger partial charge in [0.25, 0.3) is 0 Å². The third-order valence-corrected chi connectivity index (χ3v) is 4.04. The van der Waals surface area contributed by atoms with Gasteiger partial charge in [0.2, 0.25) is 5.91 Å². The van der Waals surface area contributed by atoms with Crippen molar-refractivity contribution in [2.75, 3.05) is 13.7 Å². The highest BCUT2D eigenvalue weighted by Crippen LogP contribution is 2.21. The van der Waals surface area contributed by atoms with Gasteiger partial charge in [0.05, 0.1) is 19.4 Å². The number of hydrogen-bond donors (Lipinski definition) is 2. The maximum Gasteiger partial charge on any atom is 0.312 e. The molecule has 0 heterocycles. The zero-order chi connectivity index (χ0) is 19.1. The molecule has 0 spiro atoms. The molecule has 1 amide bonds. The van der Waals surface area contributed by atoms with E-state index in [9.17, 15) is 19.5 Å². The molecule has 2 aromatic carbocycles. The maximum atomic E-state index is 12.3. The molecule has 26 heavy (non-hydrogen) atoms. The minimum absolute atomic E-state index is 0.00851. The lowest BCUT2D eigenvalue weighted by Gasteiger charge is -2.15. The van der Waals surface area contributed by atoms with Crippen LogP contribution in [0.2, 0.25) is 0 Å². The van der Waals surface area contributed by atoms with Crippen molar-refractivity contribution < 1.29 is 24.2 Å². The van der Waals surface area contributed by atoms with Crippen LogP contribution >= 0.6 is 0 Å². The van der Waals surface area contributed by atoms with Gasteiger partial charge in [0.15, 0.2) is 5.78 Å². The van der Waals surface area contributed by atoms with E-state index in [4.69, 9.17) is 4.74 Å². The number of carboxylic acids is 1. The Morgan fingerprint density at radius 1 is 1.12 bits per heavy atom. The van der Waals surface area contributed by atoms with Crippen molar-refractivity contribution >= 4 is 17.7 Å². The number of rotatable bonds is 8. The first kappa shape index (κ1) is 19.2. The average molecular weight is 355 g/mol. The SMILES string of the molecule is COc1ccc(C(C)=O)cc1CC(=O)NCC(C(=O)O)c1ccccc1. The van der Waals surface area contributed by atoms with Crippen LogP contribution in [0.4, 0.5) is 0 Å². The van der Waals surface area contributed by atoms with Gasteiger partial charge in [-0.2, -0.15) is 0 Å². The number of benzene rings is 2. The molecule has 0 aliphatic heterocycles. The third kappa shape index (κ3) is 4.92. The smallest absolute Gasteiger partial charge is 0.312 e. The van der Waals surface area contributed by atoms with Crippen LogP contribution in [0.3, 0.4) is 0 Å². The highest BCUT2D eigenvalue weighted by atomic mass is 16.5. The van der Waals surface area contributed by atoms with Gasteiger partial charge in [0, 0.05) is 17.7 Å². The fourth-order valence-corrected chi connectivity index (χ4v) is 2.62. The van der Waals surface area contributed by atoms with Crippen molar-refractivity contribution in [3.8, 4) is 5.75 Å². The first-order valence-electron chi connectivity index (χ1n) is 8.14. The lowest BCUT2D eigenvalue weighted by Crippen LogP contribution is -2.32. The Balaban J connectivity index is 2.07. The second-order valence-corrected chi connectivity index (χ2v) is 5.87. The Labute approximate surface area is 151 Å². The van der Waals surface area contributed by atoms with Crippen LogP contribution in [0, 0.1) is 0 Å². The van der Waals surface area contributed by atoms with E-state index >= 15 is 0 Å². The lowest BCUT2D eigenvalue weighted by molar-refractivity contribution is -0.138. The standard InChI is InChI=1S/C20H21NO5/c1-13(22)15-8-9-18(26-2)16(10-15)11-19(23)21-12-17(20(24)25)14-6-4-3-5-7-14/h3-10,17H,11-12H2,1-2H3,(H,21,23)(H,24,25). The largest absolute Gasteiger partial charge is 0.496 e. The molecule has 2 aromatic rings. The van der Waals surface area contributed by atoms with Crippen LogP contribution in [0.25, 0.3) is 0 Å². The van der Waals surface area contributed by atoms with Gasteiger partial charge in [0.1, 0.15) is 5.75 Å². The minimum Gasteiger partial charge on any atom is -0.496 e. The molecule has 0 fully saturated rings. The summed E-state index contributed by atoms with van der Waals surface area (Å²) in [6.07, 6.45) is -0.00851. The second kappa shape index (κ2) is 8.80. The number of hydrogen-bond acceptors (Lipinski definition) is 4. The Morgan fingerprint density at radius 3 is 2.38 bits per heavy atom. The Kier molecular flexibility index (Phi) is 6.49. The van der Waals surface area contributed by atoms with Crippen molar-refractivity contribution in [1.29, 1.82) is 0 Å². The van der Waals surface area contributed by atoms with Gasteiger partial charge in [-0.1, -0.05) is 30.3 Å². The topological polar surface area (TPSA) is 92.7 Å². The molecule has 0 aliphatic rings. The van der Waals surface area contributed by atoms with E-state index in [1.165, 1.54) is 14.0 Å². The van der Waals surface area contributed by atoms with Gasteiger partial charge in [-0.25, -0.2) is 0 Å². The van der Waals surface area contributed by atoms with Gasteiger partial charge in [-0.3, -0.25) is 14.4 Å². The Bertz CT molecular complexity index is 801. The van der Waals surface area contributed by atoms with Gasteiger partial charge in [-0.15, -0.1) is 0 Å². The van der Waals surface area contributed by atoms with Crippen LogP contribution in [0.5, 0.6) is 5.75 Å². The lowest BCUT2D eigenvalue weighted by atomic mass is 9.99. The molecule has 6 heteroatoms. The predicted molar refractivity (Wildman–Crippen MR) is 96.5 cm³/mol. The first-order valence-corrected chi connectivity index (χ1v) is 8.14. The van der Waals surface area contributed by atoms with Crippen LogP contribution < -0.4 is 10.1 Å². The van der Waals surface area contributed by atoms with Crippen LogP contribution in [0.15, 0.2) is 48.5 Å². The number of ketones is 1. The molecule has 0 aromatic heterocycles. The summed E-state index contributed by atoms with van der Waals surface area (Å²) in [6, 6.07) is 13.6. The predicted octanol–water partition coefficient (Wildman–Crippen LogP) is 2.42. The van der Waals surface area contributed by atoms with Gasteiger partial charge < -0.3 is 15.2 Å². The molecule has 136 valence electrons. The highest BCUT2D eigenvalue weighted by Gasteiger charge is 2.21. The normalized spacial score (nSPS) is 11.5. The Morgan fingerprint density at radius 2 is 1.81 bits per heavy atom. The molecule has 0 radical (unpaired) electrons. The van der Waals surface area contributed by atoms with E-state index in [1.807, 2.05) is 0 Å². The summed E-state index contributed by atoms with van der Waals surface area (Å²) >= 11 is 0. The van der Waals surface area contributed by atoms with Crippen molar-refractivity contribution in [1.82, 2.24) is 5.32 Å². The van der Waals surface area contributed by atoms with Crippen LogP contribution in [0.1, 0.15) is 34.3 Å². The molecular weight excluding hydrogens is 334 g/mol. The molecule has 0 saturated carbocycles. The van der Waals surface area contributed by atoms with E-state index in [0.717, 1.165) is 0 Å². The number of carbonyl (C=O) groups excluding carboxylic acids is 2. The third-order valence-electron chi connectivity index (χ3n) is 4.04. The van der Waals surface area contributed by atoms with Gasteiger partial charge >= 0.3 is 5.97 Å². The number of aliphatic carboxylic acids is 1. The molecule has 0 aliphatic carbocycles. The summed E-state index contributed by atoms with van der Waals surface area (Å²) in [5.41, 5.74) is 1.68. The molecule has 2 N–H and O–H groups in total. The summed E-state index contributed by atoms with van der Waals surface area (Å²) in [5.74, 6) is -1.78. The van der Waals surface area contributed by atoms with Crippen molar-refractivity contribution in [2.45, 2.75) is 19.3 Å². The molecular formula is C20H21NO5. The fourth-order valence-electron chi connectivity index (χ4n) is 2.62. The number of nitrogens with one attached hydrogen (secondary N) is 1. The molecule has 6 nitrogen and oxygen atoms in total. The monoisotopic (exact) mass is 355 g/mol. The van der Waals surface area contributed by atoms with E-state index in [-0.39, 0.29) is 24.7 Å². The van der Waals surface area contributed by atoms with Crippen molar-refractivity contribution in [3.05, 3.63) is 65.2 Å². The number of Topliss-reactive ketones (excluding diaryl/α,β-unsaturated/α-hetero) is 1. The Hall–Kier alpha value is -3.15. The number of amides is 1. The van der Waals surface area contributed by atoms with Gasteiger partial charge in [-0.05, 0) is 30.7 Å². The van der Waals surface area contributed by atoms with Crippen molar-refractivity contribution in [2.24, 2.45) is 0 Å². The number of carbonyl (C=O) groups is 3. The first-order chi connectivity index (χ1) is 12.4. The van der Waals surface area contributed by atoms with E-state index in [0.29, 0.717) is 22.4 Å². The second-order valence-electron chi connectivity index (χ2n) is 5.87. The van der Waals surface area contributed by atoms with E-state index < -0.39 is 11.9 Å². The zero-order valence-corrected chi connectivity index (χ0v) is 14.7. The fraction of sp³-hybridized carbons (Fsp3) is 0.250.